The first-order valence-electron chi connectivity index (χ1n) is 6.73. The molecular formula is C15H13N5O2S. The van der Waals surface area contributed by atoms with Crippen molar-refractivity contribution in [3.05, 3.63) is 48.5 Å². The van der Waals surface area contributed by atoms with Gasteiger partial charge in [0.25, 0.3) is 0 Å². The number of nitrogens with one attached hydrogen (secondary N) is 4. The first kappa shape index (κ1) is 14.8. The van der Waals surface area contributed by atoms with Crippen LogP contribution in [0.5, 0.6) is 0 Å². The lowest BCUT2D eigenvalue weighted by Crippen LogP contribution is -2.20. The Balaban J connectivity index is 1.61. The number of fused-ring (bicyclic) bond motifs is 1. The first-order valence-corrected chi connectivity index (χ1v) is 7.55. The van der Waals surface area contributed by atoms with Gasteiger partial charge in [-0.05, 0) is 36.4 Å². The summed E-state index contributed by atoms with van der Waals surface area (Å²) >= 11 is 1.41. The fraction of sp³-hybridized carbons (Fsp3) is 0. The number of amides is 3. The van der Waals surface area contributed by atoms with Crippen LogP contribution in [0.1, 0.15) is 0 Å². The summed E-state index contributed by atoms with van der Waals surface area (Å²) in [6.45, 7) is 0. The molecule has 116 valence electrons. The van der Waals surface area contributed by atoms with E-state index in [4.69, 9.17) is 0 Å². The lowest BCUT2D eigenvalue weighted by Gasteiger charge is -2.07. The lowest BCUT2D eigenvalue weighted by atomic mass is 10.3. The molecule has 0 aliphatic heterocycles. The summed E-state index contributed by atoms with van der Waals surface area (Å²) in [6.07, 6.45) is 0.539. The number of rotatable bonds is 5. The summed E-state index contributed by atoms with van der Waals surface area (Å²) in [5.74, 6) is 0. The summed E-state index contributed by atoms with van der Waals surface area (Å²) in [6, 6.07) is 14.2. The maximum absolute atomic E-state index is 12.0. The average Bonchev–Trinajstić information content (AvgIpc) is 2.96. The van der Waals surface area contributed by atoms with Crippen molar-refractivity contribution in [2.45, 2.75) is 0 Å². The molecular weight excluding hydrogens is 314 g/mol. The molecule has 1 aromatic heterocycles. The van der Waals surface area contributed by atoms with Gasteiger partial charge in [-0.25, -0.2) is 9.78 Å². The molecule has 23 heavy (non-hydrogen) atoms. The second-order valence-electron chi connectivity index (χ2n) is 4.53. The van der Waals surface area contributed by atoms with E-state index < -0.39 is 0 Å². The SMILES string of the molecule is O=CNNc1ccc(NC(=O)Nc2nc3ccccc3s2)cc1. The van der Waals surface area contributed by atoms with Crippen LogP contribution in [-0.2, 0) is 4.79 Å². The number of nitrogens with zero attached hydrogens (tertiary/aromatic N) is 1. The molecule has 0 unspecified atom stereocenters. The standard InChI is InChI=1S/C15H13N5O2S/c21-9-16-20-11-7-5-10(6-8-11)17-14(22)19-15-18-12-3-1-2-4-13(12)23-15/h1-9,20H,(H,16,21)(H2,17,18,19,22). The third kappa shape index (κ3) is 3.74. The van der Waals surface area contributed by atoms with E-state index in [9.17, 15) is 9.59 Å². The van der Waals surface area contributed by atoms with Gasteiger partial charge < -0.3 is 5.32 Å². The molecule has 8 heteroatoms. The quantitative estimate of drug-likeness (QED) is 0.428. The van der Waals surface area contributed by atoms with E-state index in [0.717, 1.165) is 10.2 Å². The van der Waals surface area contributed by atoms with Gasteiger partial charge in [-0.15, -0.1) is 0 Å². The van der Waals surface area contributed by atoms with Crippen LogP contribution in [-0.4, -0.2) is 17.4 Å². The van der Waals surface area contributed by atoms with E-state index in [1.807, 2.05) is 24.3 Å². The molecule has 0 bridgehead atoms. The smallest absolute Gasteiger partial charge is 0.308 e. The molecule has 0 radical (unpaired) electrons. The Morgan fingerprint density at radius 1 is 1.00 bits per heavy atom. The fourth-order valence-corrected chi connectivity index (χ4v) is 2.80. The minimum atomic E-state index is -0.365. The minimum Gasteiger partial charge on any atom is -0.308 e. The van der Waals surface area contributed by atoms with Crippen molar-refractivity contribution < 1.29 is 9.59 Å². The summed E-state index contributed by atoms with van der Waals surface area (Å²) in [5.41, 5.74) is 7.19. The Kier molecular flexibility index (Phi) is 4.34. The molecule has 0 atom stereocenters. The molecule has 1 heterocycles. The zero-order valence-corrected chi connectivity index (χ0v) is 12.7. The Morgan fingerprint density at radius 2 is 1.74 bits per heavy atom. The fourth-order valence-electron chi connectivity index (χ4n) is 1.93. The molecule has 0 fully saturated rings. The predicted octanol–water partition coefficient (Wildman–Crippen LogP) is 3.01. The molecule has 2 aromatic carbocycles. The van der Waals surface area contributed by atoms with Crippen molar-refractivity contribution in [2.24, 2.45) is 0 Å². The monoisotopic (exact) mass is 327 g/mol. The maximum atomic E-state index is 12.0. The number of hydrogen-bond donors (Lipinski definition) is 4. The summed E-state index contributed by atoms with van der Waals surface area (Å²) < 4.78 is 1.01. The van der Waals surface area contributed by atoms with E-state index in [1.165, 1.54) is 11.3 Å². The van der Waals surface area contributed by atoms with Gasteiger partial charge in [-0.3, -0.25) is 21.0 Å². The Hall–Kier alpha value is -3.13. The Bertz CT molecular complexity index is 798. The van der Waals surface area contributed by atoms with Gasteiger partial charge in [-0.2, -0.15) is 0 Å². The van der Waals surface area contributed by atoms with Crippen molar-refractivity contribution in [2.75, 3.05) is 16.1 Å². The maximum Gasteiger partial charge on any atom is 0.325 e. The van der Waals surface area contributed by atoms with Gasteiger partial charge in [0.05, 0.1) is 15.9 Å². The van der Waals surface area contributed by atoms with Crippen LogP contribution in [0.25, 0.3) is 10.2 Å². The molecule has 0 aliphatic carbocycles. The predicted molar refractivity (Wildman–Crippen MR) is 91.5 cm³/mol. The number of hydrazine groups is 1. The van der Waals surface area contributed by atoms with Crippen molar-refractivity contribution in [1.29, 1.82) is 0 Å². The largest absolute Gasteiger partial charge is 0.325 e. The topological polar surface area (TPSA) is 95.2 Å². The normalized spacial score (nSPS) is 10.1. The van der Waals surface area contributed by atoms with E-state index >= 15 is 0 Å². The van der Waals surface area contributed by atoms with Gasteiger partial charge in [0.15, 0.2) is 5.13 Å². The van der Waals surface area contributed by atoms with Crippen molar-refractivity contribution in [1.82, 2.24) is 10.4 Å². The van der Waals surface area contributed by atoms with Crippen molar-refractivity contribution >= 4 is 50.5 Å². The number of aromatic nitrogens is 1. The van der Waals surface area contributed by atoms with Gasteiger partial charge in [0.2, 0.25) is 6.41 Å². The first-order chi connectivity index (χ1) is 11.2. The Morgan fingerprint density at radius 3 is 2.48 bits per heavy atom. The molecule has 3 amide bonds. The van der Waals surface area contributed by atoms with Crippen LogP contribution in [0.3, 0.4) is 0 Å². The van der Waals surface area contributed by atoms with Crippen LogP contribution in [0.2, 0.25) is 0 Å². The van der Waals surface area contributed by atoms with Crippen LogP contribution in [0.15, 0.2) is 48.5 Å². The van der Waals surface area contributed by atoms with Crippen molar-refractivity contribution in [3.63, 3.8) is 0 Å². The number of para-hydroxylation sites is 1. The van der Waals surface area contributed by atoms with Gasteiger partial charge in [0.1, 0.15) is 0 Å². The number of urea groups is 1. The third-order valence-corrected chi connectivity index (χ3v) is 3.88. The van der Waals surface area contributed by atoms with E-state index in [1.54, 1.807) is 24.3 Å². The van der Waals surface area contributed by atoms with Crippen LogP contribution in [0.4, 0.5) is 21.3 Å². The highest BCUT2D eigenvalue weighted by molar-refractivity contribution is 7.22. The molecule has 0 saturated carbocycles. The molecule has 3 rings (SSSR count). The number of thiazole rings is 1. The summed E-state index contributed by atoms with van der Waals surface area (Å²) in [7, 11) is 0. The zero-order chi connectivity index (χ0) is 16.1. The number of benzene rings is 2. The number of carbonyl (C=O) groups is 2. The molecule has 0 aliphatic rings. The molecule has 7 nitrogen and oxygen atoms in total. The number of hydrogen-bond acceptors (Lipinski definition) is 5. The third-order valence-electron chi connectivity index (χ3n) is 2.93. The summed E-state index contributed by atoms with van der Waals surface area (Å²) in [4.78, 5) is 26.5. The summed E-state index contributed by atoms with van der Waals surface area (Å²) in [5, 5.41) is 5.97. The highest BCUT2D eigenvalue weighted by Crippen LogP contribution is 2.25. The van der Waals surface area contributed by atoms with Crippen LogP contribution in [0, 0.1) is 0 Å². The molecule has 0 spiro atoms. The van der Waals surface area contributed by atoms with Gasteiger partial charge in [-0.1, -0.05) is 23.5 Å². The van der Waals surface area contributed by atoms with Crippen molar-refractivity contribution in [3.8, 4) is 0 Å². The lowest BCUT2D eigenvalue weighted by molar-refractivity contribution is -0.109. The van der Waals surface area contributed by atoms with Crippen LogP contribution >= 0.6 is 11.3 Å². The number of carbonyl (C=O) groups excluding carboxylic acids is 2. The average molecular weight is 327 g/mol. The van der Waals surface area contributed by atoms with Gasteiger partial charge >= 0.3 is 6.03 Å². The van der Waals surface area contributed by atoms with Crippen LogP contribution < -0.4 is 21.5 Å². The molecule has 4 N–H and O–H groups in total. The van der Waals surface area contributed by atoms with Gasteiger partial charge in [0, 0.05) is 5.69 Å². The number of anilines is 3. The minimum absolute atomic E-state index is 0.365. The molecule has 0 saturated heterocycles. The van der Waals surface area contributed by atoms with E-state index in [2.05, 4.69) is 26.5 Å². The second-order valence-corrected chi connectivity index (χ2v) is 5.56. The highest BCUT2D eigenvalue weighted by Gasteiger charge is 2.07. The Labute approximate surface area is 135 Å². The van der Waals surface area contributed by atoms with E-state index in [-0.39, 0.29) is 6.03 Å². The zero-order valence-electron chi connectivity index (χ0n) is 11.9. The highest BCUT2D eigenvalue weighted by atomic mass is 32.1. The molecule has 3 aromatic rings. The van der Waals surface area contributed by atoms with E-state index in [0.29, 0.717) is 22.9 Å². The second kappa shape index (κ2) is 6.75.